The molecule has 0 fully saturated rings. The Morgan fingerprint density at radius 1 is 1.13 bits per heavy atom. The lowest BCUT2D eigenvalue weighted by molar-refractivity contribution is 0.174. The second kappa shape index (κ2) is 4.97. The summed E-state index contributed by atoms with van der Waals surface area (Å²) in [4.78, 5) is 0.168. The van der Waals surface area contributed by atoms with E-state index < -0.39 is 10.0 Å². The fourth-order valence-corrected chi connectivity index (χ4v) is 4.81. The van der Waals surface area contributed by atoms with Gasteiger partial charge in [0.15, 0.2) is 17.3 Å². The van der Waals surface area contributed by atoms with Crippen molar-refractivity contribution in [2.24, 2.45) is 0 Å². The third kappa shape index (κ3) is 2.21. The van der Waals surface area contributed by atoms with E-state index in [1.807, 2.05) is 12.1 Å². The van der Waals surface area contributed by atoms with Crippen LogP contribution in [0.2, 0.25) is 0 Å². The summed E-state index contributed by atoms with van der Waals surface area (Å²) in [5.74, 6) is 1.71. The van der Waals surface area contributed by atoms with Gasteiger partial charge in [-0.15, -0.1) is 0 Å². The molecule has 0 bridgehead atoms. The van der Waals surface area contributed by atoms with Crippen molar-refractivity contribution in [3.8, 4) is 11.5 Å². The number of fused-ring (bicyclic) bond motifs is 2. The SMILES string of the molecule is Cc1noc(C)c1S(=O)(=O)N1CCc2cc3c(cc2C1)OCO3. The smallest absolute Gasteiger partial charge is 0.248 e. The maximum absolute atomic E-state index is 12.9. The largest absolute Gasteiger partial charge is 0.454 e. The van der Waals surface area contributed by atoms with E-state index in [1.165, 1.54) is 4.31 Å². The highest BCUT2D eigenvalue weighted by Crippen LogP contribution is 2.38. The van der Waals surface area contributed by atoms with Gasteiger partial charge in [-0.1, -0.05) is 5.16 Å². The minimum Gasteiger partial charge on any atom is -0.454 e. The minimum atomic E-state index is -3.63. The number of ether oxygens (including phenoxy) is 2. The first-order chi connectivity index (χ1) is 11.0. The van der Waals surface area contributed by atoms with Crippen LogP contribution in [0.1, 0.15) is 22.6 Å². The molecule has 7 nitrogen and oxygen atoms in total. The second-order valence-electron chi connectivity index (χ2n) is 5.72. The van der Waals surface area contributed by atoms with Crippen LogP contribution >= 0.6 is 0 Å². The zero-order valence-electron chi connectivity index (χ0n) is 12.8. The molecule has 122 valence electrons. The van der Waals surface area contributed by atoms with Gasteiger partial charge >= 0.3 is 0 Å². The molecule has 0 saturated heterocycles. The predicted molar refractivity (Wildman–Crippen MR) is 79.8 cm³/mol. The first-order valence-electron chi connectivity index (χ1n) is 7.31. The number of benzene rings is 1. The van der Waals surface area contributed by atoms with E-state index in [-0.39, 0.29) is 11.7 Å². The first kappa shape index (κ1) is 14.5. The van der Waals surface area contributed by atoms with Crippen molar-refractivity contribution >= 4 is 10.0 Å². The van der Waals surface area contributed by atoms with Gasteiger partial charge in [0.1, 0.15) is 10.6 Å². The molecule has 23 heavy (non-hydrogen) atoms. The fraction of sp³-hybridized carbons (Fsp3) is 0.400. The molecule has 0 spiro atoms. The van der Waals surface area contributed by atoms with Gasteiger partial charge in [0.25, 0.3) is 0 Å². The van der Waals surface area contributed by atoms with Crippen LogP contribution in [0.15, 0.2) is 21.6 Å². The van der Waals surface area contributed by atoms with E-state index in [1.54, 1.807) is 13.8 Å². The van der Waals surface area contributed by atoms with E-state index in [4.69, 9.17) is 14.0 Å². The number of sulfonamides is 1. The summed E-state index contributed by atoms with van der Waals surface area (Å²) >= 11 is 0. The zero-order chi connectivity index (χ0) is 16.2. The standard InChI is InChI=1S/C15H16N2O5S/c1-9-15(10(2)22-16-9)23(18,19)17-4-3-11-5-13-14(21-8-20-13)6-12(11)7-17/h5-6H,3-4,7-8H2,1-2H3. The Morgan fingerprint density at radius 3 is 2.48 bits per heavy atom. The molecule has 4 rings (SSSR count). The molecule has 1 aromatic carbocycles. The Balaban J connectivity index is 1.70. The van der Waals surface area contributed by atoms with Gasteiger partial charge in [-0.25, -0.2) is 8.42 Å². The molecule has 1 aromatic heterocycles. The highest BCUT2D eigenvalue weighted by molar-refractivity contribution is 7.89. The zero-order valence-corrected chi connectivity index (χ0v) is 13.6. The molecule has 0 aliphatic carbocycles. The number of aromatic nitrogens is 1. The summed E-state index contributed by atoms with van der Waals surface area (Å²) in [6.07, 6.45) is 0.634. The molecule has 2 aliphatic rings. The van der Waals surface area contributed by atoms with E-state index in [2.05, 4.69) is 5.16 Å². The van der Waals surface area contributed by atoms with E-state index in [0.717, 1.165) is 16.9 Å². The van der Waals surface area contributed by atoms with Crippen LogP contribution in [-0.4, -0.2) is 31.2 Å². The quantitative estimate of drug-likeness (QED) is 0.831. The third-order valence-electron chi connectivity index (χ3n) is 4.24. The van der Waals surface area contributed by atoms with Gasteiger partial charge in [-0.3, -0.25) is 0 Å². The van der Waals surface area contributed by atoms with Crippen LogP contribution in [-0.2, 0) is 23.0 Å². The second-order valence-corrected chi connectivity index (χ2v) is 7.59. The number of aryl methyl sites for hydroxylation is 2. The van der Waals surface area contributed by atoms with E-state index >= 15 is 0 Å². The van der Waals surface area contributed by atoms with Gasteiger partial charge in [-0.2, -0.15) is 4.31 Å². The van der Waals surface area contributed by atoms with Crippen LogP contribution < -0.4 is 9.47 Å². The van der Waals surface area contributed by atoms with Gasteiger partial charge in [0.05, 0.1) is 0 Å². The van der Waals surface area contributed by atoms with Crippen LogP contribution in [0.3, 0.4) is 0 Å². The average Bonchev–Trinajstić information content (AvgIpc) is 3.10. The molecule has 0 radical (unpaired) electrons. The van der Waals surface area contributed by atoms with Crippen LogP contribution in [0.5, 0.6) is 11.5 Å². The van der Waals surface area contributed by atoms with Crippen molar-refractivity contribution in [3.05, 3.63) is 34.7 Å². The summed E-state index contributed by atoms with van der Waals surface area (Å²) in [6, 6.07) is 3.81. The Hall–Kier alpha value is -2.06. The Bertz CT molecular complexity index is 868. The third-order valence-corrected chi connectivity index (χ3v) is 6.33. The van der Waals surface area contributed by atoms with Crippen LogP contribution in [0.25, 0.3) is 0 Å². The Kier molecular flexibility index (Phi) is 3.14. The van der Waals surface area contributed by atoms with Gasteiger partial charge in [-0.05, 0) is 43.5 Å². The van der Waals surface area contributed by atoms with Crippen molar-refractivity contribution in [1.29, 1.82) is 0 Å². The average molecular weight is 336 g/mol. The van der Waals surface area contributed by atoms with Crippen molar-refractivity contribution in [2.75, 3.05) is 13.3 Å². The normalized spacial score (nSPS) is 17.3. The topological polar surface area (TPSA) is 81.9 Å². The summed E-state index contributed by atoms with van der Waals surface area (Å²) < 4.78 is 43.0. The molecule has 0 amide bonds. The molecule has 0 N–H and O–H groups in total. The molecule has 0 saturated carbocycles. The Labute approximate surface area is 133 Å². The molecular formula is C15H16N2O5S. The molecule has 0 unspecified atom stereocenters. The maximum Gasteiger partial charge on any atom is 0.248 e. The van der Waals surface area contributed by atoms with Crippen LogP contribution in [0, 0.1) is 13.8 Å². The first-order valence-corrected chi connectivity index (χ1v) is 8.75. The van der Waals surface area contributed by atoms with Crippen molar-refractivity contribution < 1.29 is 22.4 Å². The predicted octanol–water partition coefficient (Wildman–Crippen LogP) is 1.77. The molecule has 8 heteroatoms. The summed E-state index contributed by atoms with van der Waals surface area (Å²) in [6.45, 7) is 4.18. The summed E-state index contributed by atoms with van der Waals surface area (Å²) in [7, 11) is -3.63. The van der Waals surface area contributed by atoms with Gasteiger partial charge in [0, 0.05) is 13.1 Å². The Morgan fingerprint density at radius 2 is 1.83 bits per heavy atom. The fourth-order valence-electron chi connectivity index (χ4n) is 3.10. The molecule has 0 atom stereocenters. The van der Waals surface area contributed by atoms with Crippen LogP contribution in [0.4, 0.5) is 0 Å². The molecular weight excluding hydrogens is 320 g/mol. The van der Waals surface area contributed by atoms with Crippen molar-refractivity contribution in [3.63, 3.8) is 0 Å². The lowest BCUT2D eigenvalue weighted by Gasteiger charge is -2.28. The molecule has 2 aromatic rings. The number of hydrogen-bond donors (Lipinski definition) is 0. The van der Waals surface area contributed by atoms with Gasteiger partial charge in [0.2, 0.25) is 16.8 Å². The molecule has 2 aliphatic heterocycles. The van der Waals surface area contributed by atoms with E-state index in [0.29, 0.717) is 36.7 Å². The highest BCUT2D eigenvalue weighted by atomic mass is 32.2. The summed E-state index contributed by atoms with van der Waals surface area (Å²) in [5, 5.41) is 3.75. The highest BCUT2D eigenvalue weighted by Gasteiger charge is 2.34. The van der Waals surface area contributed by atoms with Crippen molar-refractivity contribution in [2.45, 2.75) is 31.7 Å². The van der Waals surface area contributed by atoms with Gasteiger partial charge < -0.3 is 14.0 Å². The summed E-state index contributed by atoms with van der Waals surface area (Å²) in [5.41, 5.74) is 2.43. The maximum atomic E-state index is 12.9. The lowest BCUT2D eigenvalue weighted by Crippen LogP contribution is -2.36. The molecule has 3 heterocycles. The number of rotatable bonds is 2. The number of hydrogen-bond acceptors (Lipinski definition) is 6. The monoisotopic (exact) mass is 336 g/mol. The lowest BCUT2D eigenvalue weighted by atomic mass is 10.0. The van der Waals surface area contributed by atoms with E-state index in [9.17, 15) is 8.42 Å². The van der Waals surface area contributed by atoms with Crippen molar-refractivity contribution in [1.82, 2.24) is 9.46 Å². The number of nitrogens with zero attached hydrogens (tertiary/aromatic N) is 2. The minimum absolute atomic E-state index is 0.168.